The Balaban J connectivity index is 1.55. The molecule has 0 aliphatic carbocycles. The van der Waals surface area contributed by atoms with Gasteiger partial charge in [-0.25, -0.2) is 0 Å². The summed E-state index contributed by atoms with van der Waals surface area (Å²) in [7, 11) is 0. The standard InChI is InChI=1S/C22H22BrN3O2/c1-14-19(3-2-4-20(14)23)15-9-10-26-18(11-15)7-5-16(22(26)28)12-24-13-17-6-8-21(27)25-17/h2-5,7,9-11,17,24H,6,8,12-13H2,1H3,(H,25,27)/t17-/m0/s1. The van der Waals surface area contributed by atoms with E-state index in [1.54, 1.807) is 4.40 Å². The van der Waals surface area contributed by atoms with Crippen LogP contribution in [0.4, 0.5) is 0 Å². The van der Waals surface area contributed by atoms with E-state index in [0.29, 0.717) is 25.1 Å². The molecule has 1 saturated heterocycles. The van der Waals surface area contributed by atoms with Crippen molar-refractivity contribution in [2.75, 3.05) is 6.54 Å². The Kier molecular flexibility index (Phi) is 5.33. The number of hydrogen-bond acceptors (Lipinski definition) is 3. The van der Waals surface area contributed by atoms with E-state index in [1.165, 1.54) is 5.56 Å². The topological polar surface area (TPSA) is 62.6 Å². The number of amides is 1. The smallest absolute Gasteiger partial charge is 0.259 e. The molecule has 4 rings (SSSR count). The van der Waals surface area contributed by atoms with Gasteiger partial charge in [-0.3, -0.25) is 14.0 Å². The van der Waals surface area contributed by atoms with Gasteiger partial charge >= 0.3 is 0 Å². The summed E-state index contributed by atoms with van der Waals surface area (Å²) in [5.74, 6) is 0.106. The minimum Gasteiger partial charge on any atom is -0.352 e. The zero-order chi connectivity index (χ0) is 19.7. The number of rotatable bonds is 5. The van der Waals surface area contributed by atoms with Crippen LogP contribution < -0.4 is 16.2 Å². The minimum absolute atomic E-state index is 0.0158. The fraction of sp³-hybridized carbons (Fsp3) is 0.273. The molecule has 28 heavy (non-hydrogen) atoms. The van der Waals surface area contributed by atoms with E-state index in [2.05, 4.69) is 39.6 Å². The lowest BCUT2D eigenvalue weighted by Crippen LogP contribution is -2.36. The van der Waals surface area contributed by atoms with Crippen molar-refractivity contribution in [1.29, 1.82) is 0 Å². The van der Waals surface area contributed by atoms with Gasteiger partial charge in [-0.2, -0.15) is 0 Å². The molecule has 1 fully saturated rings. The average molecular weight is 440 g/mol. The predicted octanol–water partition coefficient (Wildman–Crippen LogP) is 3.41. The first kappa shape index (κ1) is 18.9. The van der Waals surface area contributed by atoms with Crippen LogP contribution in [-0.2, 0) is 11.3 Å². The van der Waals surface area contributed by atoms with E-state index < -0.39 is 0 Å². The molecule has 2 N–H and O–H groups in total. The third-order valence-corrected chi connectivity index (χ3v) is 6.16. The van der Waals surface area contributed by atoms with Crippen LogP contribution in [0.5, 0.6) is 0 Å². The van der Waals surface area contributed by atoms with E-state index >= 15 is 0 Å². The molecule has 1 aromatic carbocycles. The number of carbonyl (C=O) groups excluding carboxylic acids is 1. The predicted molar refractivity (Wildman–Crippen MR) is 114 cm³/mol. The Labute approximate surface area is 171 Å². The highest BCUT2D eigenvalue weighted by Gasteiger charge is 2.20. The van der Waals surface area contributed by atoms with Crippen molar-refractivity contribution in [3.05, 3.63) is 74.6 Å². The fourth-order valence-corrected chi connectivity index (χ4v) is 4.04. The maximum Gasteiger partial charge on any atom is 0.259 e. The summed E-state index contributed by atoms with van der Waals surface area (Å²) in [5, 5.41) is 6.21. The van der Waals surface area contributed by atoms with E-state index in [1.807, 2.05) is 42.6 Å². The normalized spacial score (nSPS) is 16.5. The van der Waals surface area contributed by atoms with E-state index in [9.17, 15) is 9.59 Å². The molecule has 6 heteroatoms. The van der Waals surface area contributed by atoms with E-state index in [0.717, 1.165) is 27.5 Å². The summed E-state index contributed by atoms with van der Waals surface area (Å²) in [6, 6.07) is 14.2. The number of nitrogens with zero attached hydrogens (tertiary/aromatic N) is 1. The second kappa shape index (κ2) is 7.89. The van der Waals surface area contributed by atoms with Crippen LogP contribution in [-0.4, -0.2) is 22.9 Å². The quantitative estimate of drug-likeness (QED) is 0.640. The average Bonchev–Trinajstić information content (AvgIpc) is 3.11. The third-order valence-electron chi connectivity index (χ3n) is 5.30. The summed E-state index contributed by atoms with van der Waals surface area (Å²) in [5.41, 5.74) is 4.98. The largest absolute Gasteiger partial charge is 0.352 e. The Hall–Kier alpha value is -2.44. The van der Waals surface area contributed by atoms with Crippen LogP contribution in [0.15, 0.2) is 57.9 Å². The molecular weight excluding hydrogens is 418 g/mol. The van der Waals surface area contributed by atoms with Gasteiger partial charge in [0.05, 0.1) is 0 Å². The molecule has 0 radical (unpaired) electrons. The second-order valence-corrected chi connectivity index (χ2v) is 8.07. The highest BCUT2D eigenvalue weighted by molar-refractivity contribution is 9.10. The number of halogens is 1. The summed E-state index contributed by atoms with van der Waals surface area (Å²) < 4.78 is 2.76. The minimum atomic E-state index is -0.0158. The molecule has 0 bridgehead atoms. The molecule has 0 spiro atoms. The van der Waals surface area contributed by atoms with Gasteiger partial charge in [0, 0.05) is 47.3 Å². The SMILES string of the molecule is Cc1c(Br)cccc1-c1ccn2c(=O)c(CNC[C@@H]3CCC(=O)N3)ccc2c1. The van der Waals surface area contributed by atoms with Gasteiger partial charge in [0.15, 0.2) is 0 Å². The van der Waals surface area contributed by atoms with Crippen molar-refractivity contribution in [1.82, 2.24) is 15.0 Å². The molecule has 1 aliphatic rings. The lowest BCUT2D eigenvalue weighted by atomic mass is 10.0. The van der Waals surface area contributed by atoms with Gasteiger partial charge < -0.3 is 10.6 Å². The monoisotopic (exact) mass is 439 g/mol. The lowest BCUT2D eigenvalue weighted by Gasteiger charge is -2.12. The first-order valence-corrected chi connectivity index (χ1v) is 10.2. The van der Waals surface area contributed by atoms with E-state index in [-0.39, 0.29) is 17.5 Å². The molecule has 1 amide bonds. The Bertz CT molecular complexity index is 1110. The van der Waals surface area contributed by atoms with Gasteiger partial charge in [0.2, 0.25) is 5.91 Å². The maximum absolute atomic E-state index is 12.8. The van der Waals surface area contributed by atoms with Gasteiger partial charge in [-0.15, -0.1) is 0 Å². The molecule has 2 aromatic heterocycles. The molecule has 0 saturated carbocycles. The summed E-state index contributed by atoms with van der Waals surface area (Å²) >= 11 is 3.58. The molecule has 3 aromatic rings. The highest BCUT2D eigenvalue weighted by atomic mass is 79.9. The van der Waals surface area contributed by atoms with Crippen molar-refractivity contribution in [3.63, 3.8) is 0 Å². The molecule has 1 aliphatic heterocycles. The molecule has 144 valence electrons. The number of carbonyl (C=O) groups is 1. The number of nitrogens with one attached hydrogen (secondary N) is 2. The summed E-state index contributed by atoms with van der Waals surface area (Å²) in [6.45, 7) is 3.24. The highest BCUT2D eigenvalue weighted by Crippen LogP contribution is 2.29. The first-order chi connectivity index (χ1) is 13.5. The maximum atomic E-state index is 12.8. The summed E-state index contributed by atoms with van der Waals surface area (Å²) in [4.78, 5) is 24.1. The zero-order valence-electron chi connectivity index (χ0n) is 15.7. The molecule has 1 atom stereocenters. The molecular formula is C22H22BrN3O2. The number of benzene rings is 1. The van der Waals surface area contributed by atoms with Gasteiger partial charge in [0.1, 0.15) is 0 Å². The van der Waals surface area contributed by atoms with Crippen LogP contribution >= 0.6 is 15.9 Å². The number of hydrogen-bond donors (Lipinski definition) is 2. The van der Waals surface area contributed by atoms with Crippen molar-refractivity contribution >= 4 is 27.4 Å². The molecule has 5 nitrogen and oxygen atoms in total. The Morgan fingerprint density at radius 3 is 2.86 bits per heavy atom. The first-order valence-electron chi connectivity index (χ1n) is 9.43. The van der Waals surface area contributed by atoms with Crippen molar-refractivity contribution in [2.24, 2.45) is 0 Å². The summed E-state index contributed by atoms with van der Waals surface area (Å²) in [6.07, 6.45) is 3.28. The van der Waals surface area contributed by atoms with Crippen LogP contribution in [0.3, 0.4) is 0 Å². The zero-order valence-corrected chi connectivity index (χ0v) is 17.3. The Morgan fingerprint density at radius 1 is 1.21 bits per heavy atom. The Morgan fingerprint density at radius 2 is 2.07 bits per heavy atom. The van der Waals surface area contributed by atoms with Gasteiger partial charge in [-0.1, -0.05) is 34.1 Å². The van der Waals surface area contributed by atoms with Crippen LogP contribution in [0, 0.1) is 6.92 Å². The molecule has 3 heterocycles. The second-order valence-electron chi connectivity index (χ2n) is 7.22. The van der Waals surface area contributed by atoms with Gasteiger partial charge in [0.25, 0.3) is 5.56 Å². The lowest BCUT2D eigenvalue weighted by molar-refractivity contribution is -0.119. The van der Waals surface area contributed by atoms with Crippen LogP contribution in [0.25, 0.3) is 16.6 Å². The third kappa shape index (κ3) is 3.75. The molecule has 0 unspecified atom stereocenters. The number of fused-ring (bicyclic) bond motifs is 1. The van der Waals surface area contributed by atoms with Crippen LogP contribution in [0.1, 0.15) is 24.0 Å². The van der Waals surface area contributed by atoms with Crippen molar-refractivity contribution < 1.29 is 4.79 Å². The van der Waals surface area contributed by atoms with Crippen molar-refractivity contribution in [3.8, 4) is 11.1 Å². The fourth-order valence-electron chi connectivity index (χ4n) is 3.68. The van der Waals surface area contributed by atoms with Gasteiger partial charge in [-0.05, 0) is 54.3 Å². The number of aromatic nitrogens is 1. The number of pyridine rings is 2. The van der Waals surface area contributed by atoms with Crippen molar-refractivity contribution in [2.45, 2.75) is 32.4 Å². The van der Waals surface area contributed by atoms with Crippen LogP contribution in [0.2, 0.25) is 0 Å². The van der Waals surface area contributed by atoms with E-state index in [4.69, 9.17) is 0 Å².